The Kier molecular flexibility index (Phi) is 3.80. The van der Waals surface area contributed by atoms with Crippen LogP contribution in [0.1, 0.15) is 36.7 Å². The quantitative estimate of drug-likeness (QED) is 0.868. The van der Waals surface area contributed by atoms with E-state index in [9.17, 15) is 9.90 Å². The van der Waals surface area contributed by atoms with Crippen molar-refractivity contribution in [1.82, 2.24) is 0 Å². The Morgan fingerprint density at radius 1 is 1.53 bits per heavy atom. The molecule has 4 heteroatoms. The maximum atomic E-state index is 11.3. The van der Waals surface area contributed by atoms with Crippen LogP contribution < -0.4 is 10.6 Å². The summed E-state index contributed by atoms with van der Waals surface area (Å²) in [5.41, 5.74) is 8.13. The normalized spacial score (nSPS) is 23.9. The van der Waals surface area contributed by atoms with Gasteiger partial charge < -0.3 is 15.7 Å². The standard InChI is InChI=1S/C15H22N2O2/c1-9-6-13-7-12(15(16)19)4-5-14(13)17(11(9)3)8-10(2)18/h4-5,7,9-11,18H,6,8H2,1-3H3,(H2,16,19)/t9?,10-,11?/m1/s1. The molecule has 19 heavy (non-hydrogen) atoms. The molecule has 0 bridgehead atoms. The number of nitrogens with two attached hydrogens (primary N) is 1. The summed E-state index contributed by atoms with van der Waals surface area (Å²) < 4.78 is 0. The minimum atomic E-state index is -0.392. The number of benzene rings is 1. The maximum absolute atomic E-state index is 11.3. The Hall–Kier alpha value is -1.55. The third-order valence-electron chi connectivity index (χ3n) is 3.99. The molecule has 0 radical (unpaired) electrons. The molecule has 3 N–H and O–H groups in total. The average molecular weight is 262 g/mol. The van der Waals surface area contributed by atoms with Crippen LogP contribution in [0.2, 0.25) is 0 Å². The van der Waals surface area contributed by atoms with Crippen molar-refractivity contribution in [3.63, 3.8) is 0 Å². The molecule has 0 saturated heterocycles. The number of carbonyl (C=O) groups excluding carboxylic acids is 1. The first-order chi connectivity index (χ1) is 8.90. The van der Waals surface area contributed by atoms with E-state index < -0.39 is 5.91 Å². The highest BCUT2D eigenvalue weighted by molar-refractivity contribution is 5.93. The summed E-state index contributed by atoms with van der Waals surface area (Å²) in [5.74, 6) is 0.0885. The molecule has 2 rings (SSSR count). The van der Waals surface area contributed by atoms with Gasteiger partial charge in [0.05, 0.1) is 6.10 Å². The van der Waals surface area contributed by atoms with Gasteiger partial charge in [-0.1, -0.05) is 6.92 Å². The lowest BCUT2D eigenvalue weighted by atomic mass is 9.86. The fourth-order valence-corrected chi connectivity index (χ4v) is 2.78. The van der Waals surface area contributed by atoms with Gasteiger partial charge in [0.25, 0.3) is 0 Å². The van der Waals surface area contributed by atoms with Crippen LogP contribution >= 0.6 is 0 Å². The highest BCUT2D eigenvalue weighted by Gasteiger charge is 2.29. The van der Waals surface area contributed by atoms with Crippen LogP contribution in [0.5, 0.6) is 0 Å². The highest BCUT2D eigenvalue weighted by atomic mass is 16.3. The summed E-state index contributed by atoms with van der Waals surface area (Å²) in [6.07, 6.45) is 0.560. The van der Waals surface area contributed by atoms with E-state index in [-0.39, 0.29) is 6.10 Å². The molecule has 4 nitrogen and oxygen atoms in total. The zero-order valence-corrected chi connectivity index (χ0v) is 11.8. The lowest BCUT2D eigenvalue weighted by molar-refractivity contribution is 0.1000. The van der Waals surface area contributed by atoms with E-state index in [4.69, 9.17) is 5.73 Å². The van der Waals surface area contributed by atoms with Crippen LogP contribution in [0.15, 0.2) is 18.2 Å². The first kappa shape index (κ1) is 13.9. The van der Waals surface area contributed by atoms with Gasteiger partial charge in [0, 0.05) is 23.8 Å². The number of fused-ring (bicyclic) bond motifs is 1. The molecule has 0 aliphatic carbocycles. The first-order valence-corrected chi connectivity index (χ1v) is 6.77. The number of anilines is 1. The summed E-state index contributed by atoms with van der Waals surface area (Å²) in [6.45, 7) is 6.77. The van der Waals surface area contributed by atoms with Crippen molar-refractivity contribution in [3.05, 3.63) is 29.3 Å². The van der Waals surface area contributed by atoms with Gasteiger partial charge in [0.2, 0.25) is 5.91 Å². The van der Waals surface area contributed by atoms with Crippen LogP contribution in [-0.4, -0.2) is 29.7 Å². The molecule has 1 aliphatic heterocycles. The van der Waals surface area contributed by atoms with E-state index in [1.165, 1.54) is 0 Å². The van der Waals surface area contributed by atoms with Gasteiger partial charge >= 0.3 is 0 Å². The number of hydrogen-bond donors (Lipinski definition) is 2. The number of hydrogen-bond acceptors (Lipinski definition) is 3. The topological polar surface area (TPSA) is 66.6 Å². The lowest BCUT2D eigenvalue weighted by Gasteiger charge is -2.41. The number of carbonyl (C=O) groups is 1. The maximum Gasteiger partial charge on any atom is 0.248 e. The number of aliphatic hydroxyl groups is 1. The molecule has 1 heterocycles. The van der Waals surface area contributed by atoms with Crippen molar-refractivity contribution in [2.24, 2.45) is 11.7 Å². The highest BCUT2D eigenvalue weighted by Crippen LogP contribution is 2.34. The molecule has 2 unspecified atom stereocenters. The molecule has 1 amide bonds. The third kappa shape index (κ3) is 2.73. The Morgan fingerprint density at radius 2 is 2.21 bits per heavy atom. The number of primary amides is 1. The second-order valence-corrected chi connectivity index (χ2v) is 5.63. The predicted molar refractivity (Wildman–Crippen MR) is 76.3 cm³/mol. The van der Waals surface area contributed by atoms with Crippen molar-refractivity contribution >= 4 is 11.6 Å². The van der Waals surface area contributed by atoms with Crippen molar-refractivity contribution in [2.45, 2.75) is 39.3 Å². The summed E-state index contributed by atoms with van der Waals surface area (Å²) in [6, 6.07) is 5.97. The Labute approximate surface area is 114 Å². The largest absolute Gasteiger partial charge is 0.392 e. The lowest BCUT2D eigenvalue weighted by Crippen LogP contribution is -2.45. The number of amides is 1. The van der Waals surface area contributed by atoms with Crippen LogP contribution in [0, 0.1) is 5.92 Å². The Balaban J connectivity index is 2.41. The van der Waals surface area contributed by atoms with Crippen LogP contribution in [0.3, 0.4) is 0 Å². The molecule has 0 fully saturated rings. The van der Waals surface area contributed by atoms with Crippen molar-refractivity contribution in [3.8, 4) is 0 Å². The van der Waals surface area contributed by atoms with E-state index >= 15 is 0 Å². The molecular formula is C15H22N2O2. The number of β-amino-alcohol motifs (C(OH)–C–C–N with tert-alkyl or cyclic N) is 1. The molecule has 0 spiro atoms. The van der Waals surface area contributed by atoms with Crippen LogP contribution in [0.4, 0.5) is 5.69 Å². The molecular weight excluding hydrogens is 240 g/mol. The molecule has 1 aromatic rings. The number of rotatable bonds is 3. The monoisotopic (exact) mass is 262 g/mol. The van der Waals surface area contributed by atoms with Crippen LogP contribution in [-0.2, 0) is 6.42 Å². The zero-order valence-electron chi connectivity index (χ0n) is 11.8. The molecule has 3 atom stereocenters. The van der Waals surface area contributed by atoms with Gasteiger partial charge in [-0.25, -0.2) is 0 Å². The van der Waals surface area contributed by atoms with Gasteiger partial charge in [-0.15, -0.1) is 0 Å². The van der Waals surface area contributed by atoms with Gasteiger partial charge in [-0.2, -0.15) is 0 Å². The van der Waals surface area contributed by atoms with Gasteiger partial charge in [-0.05, 0) is 49.9 Å². The Morgan fingerprint density at radius 3 is 2.79 bits per heavy atom. The van der Waals surface area contributed by atoms with Gasteiger partial charge in [0.15, 0.2) is 0 Å². The van der Waals surface area contributed by atoms with E-state index in [2.05, 4.69) is 18.7 Å². The summed E-state index contributed by atoms with van der Waals surface area (Å²) >= 11 is 0. The second-order valence-electron chi connectivity index (χ2n) is 5.63. The molecule has 1 aromatic carbocycles. The van der Waals surface area contributed by atoms with E-state index in [0.717, 1.165) is 17.7 Å². The zero-order chi connectivity index (χ0) is 14.2. The fraction of sp³-hybridized carbons (Fsp3) is 0.533. The third-order valence-corrected chi connectivity index (χ3v) is 3.99. The van der Waals surface area contributed by atoms with Crippen molar-refractivity contribution in [2.75, 3.05) is 11.4 Å². The number of aliphatic hydroxyl groups excluding tert-OH is 1. The van der Waals surface area contributed by atoms with Crippen molar-refractivity contribution < 1.29 is 9.90 Å². The summed E-state index contributed by atoms with van der Waals surface area (Å²) in [4.78, 5) is 13.5. The number of nitrogens with zero attached hydrogens (tertiary/aromatic N) is 1. The van der Waals surface area contributed by atoms with E-state index in [0.29, 0.717) is 24.1 Å². The van der Waals surface area contributed by atoms with Crippen molar-refractivity contribution in [1.29, 1.82) is 0 Å². The van der Waals surface area contributed by atoms with Crippen LogP contribution in [0.25, 0.3) is 0 Å². The molecule has 0 saturated carbocycles. The molecule has 0 aromatic heterocycles. The van der Waals surface area contributed by atoms with Gasteiger partial charge in [0.1, 0.15) is 0 Å². The summed E-state index contributed by atoms with van der Waals surface area (Å²) in [5, 5.41) is 9.66. The Bertz CT molecular complexity index is 485. The van der Waals surface area contributed by atoms with E-state index in [1.807, 2.05) is 12.1 Å². The first-order valence-electron chi connectivity index (χ1n) is 6.77. The van der Waals surface area contributed by atoms with Gasteiger partial charge in [-0.3, -0.25) is 4.79 Å². The molecule has 1 aliphatic rings. The average Bonchev–Trinajstić information content (AvgIpc) is 2.33. The summed E-state index contributed by atoms with van der Waals surface area (Å²) in [7, 11) is 0. The molecule has 104 valence electrons. The van der Waals surface area contributed by atoms with E-state index in [1.54, 1.807) is 13.0 Å². The minimum Gasteiger partial charge on any atom is -0.392 e. The SMILES string of the molecule is CC1Cc2cc(C(N)=O)ccc2N(C[C@@H](C)O)C1C. The fourth-order valence-electron chi connectivity index (χ4n) is 2.78. The second kappa shape index (κ2) is 5.21. The minimum absolute atomic E-state index is 0.376. The smallest absolute Gasteiger partial charge is 0.248 e. The predicted octanol–water partition coefficient (Wildman–Crippen LogP) is 1.55.